The number of rotatable bonds is 7. The summed E-state index contributed by atoms with van der Waals surface area (Å²) in [5.74, 6) is -1.19. The van der Waals surface area contributed by atoms with Crippen molar-refractivity contribution in [1.29, 1.82) is 0 Å². The van der Waals surface area contributed by atoms with Crippen molar-refractivity contribution in [1.82, 2.24) is 9.78 Å². The van der Waals surface area contributed by atoms with Crippen LogP contribution in [0.25, 0.3) is 10.2 Å². The van der Waals surface area contributed by atoms with Crippen LogP contribution in [0.4, 0.5) is 5.00 Å². The van der Waals surface area contributed by atoms with Crippen molar-refractivity contribution in [2.24, 2.45) is 11.7 Å². The lowest BCUT2D eigenvalue weighted by molar-refractivity contribution is -0.123. The van der Waals surface area contributed by atoms with Crippen molar-refractivity contribution in [3.63, 3.8) is 0 Å². The fourth-order valence-electron chi connectivity index (χ4n) is 3.92. The number of amides is 2. The van der Waals surface area contributed by atoms with Crippen LogP contribution in [0, 0.1) is 12.8 Å². The summed E-state index contributed by atoms with van der Waals surface area (Å²) >= 11 is 2.68. The van der Waals surface area contributed by atoms with E-state index in [0.29, 0.717) is 21.4 Å². The molecule has 0 radical (unpaired) electrons. The van der Waals surface area contributed by atoms with Crippen molar-refractivity contribution < 1.29 is 19.1 Å². The summed E-state index contributed by atoms with van der Waals surface area (Å²) in [6.07, 6.45) is 1.61. The Kier molecular flexibility index (Phi) is 6.09. The van der Waals surface area contributed by atoms with E-state index in [9.17, 15) is 14.4 Å². The third kappa shape index (κ3) is 4.16. The predicted octanol–water partition coefficient (Wildman–Crippen LogP) is 3.90. The van der Waals surface area contributed by atoms with E-state index < -0.39 is 23.9 Å². The average molecular weight is 475 g/mol. The van der Waals surface area contributed by atoms with Crippen LogP contribution in [0.1, 0.15) is 63.4 Å². The van der Waals surface area contributed by atoms with Crippen molar-refractivity contribution in [3.8, 4) is 0 Å². The number of aromatic nitrogens is 2. The van der Waals surface area contributed by atoms with Crippen LogP contribution in [0.2, 0.25) is 0 Å². The number of hydrogen-bond acceptors (Lipinski definition) is 7. The maximum Gasteiger partial charge on any atom is 0.349 e. The molecule has 3 aromatic heterocycles. The van der Waals surface area contributed by atoms with Crippen LogP contribution in [-0.4, -0.2) is 33.7 Å². The Bertz CT molecular complexity index is 1220. The molecule has 0 saturated heterocycles. The molecular formula is C22H26N4O4S2. The number of esters is 1. The molecule has 0 fully saturated rings. The number of thiophene rings is 2. The molecule has 2 amide bonds. The van der Waals surface area contributed by atoms with E-state index in [1.807, 2.05) is 11.6 Å². The molecule has 0 spiro atoms. The molecule has 4 rings (SSSR count). The van der Waals surface area contributed by atoms with E-state index in [1.165, 1.54) is 29.6 Å². The van der Waals surface area contributed by atoms with E-state index in [4.69, 9.17) is 10.5 Å². The minimum atomic E-state index is -1.03. The molecule has 0 saturated carbocycles. The van der Waals surface area contributed by atoms with Gasteiger partial charge in [-0.3, -0.25) is 14.3 Å². The molecule has 10 heteroatoms. The van der Waals surface area contributed by atoms with Crippen LogP contribution >= 0.6 is 22.7 Å². The molecule has 3 N–H and O–H groups in total. The van der Waals surface area contributed by atoms with E-state index in [1.54, 1.807) is 6.07 Å². The van der Waals surface area contributed by atoms with Gasteiger partial charge >= 0.3 is 5.97 Å². The lowest BCUT2D eigenvalue weighted by Gasteiger charge is -2.13. The lowest BCUT2D eigenvalue weighted by atomic mass is 10.1. The smallest absolute Gasteiger partial charge is 0.349 e. The first-order valence-corrected chi connectivity index (χ1v) is 12.2. The maximum absolute atomic E-state index is 12.7. The topological polar surface area (TPSA) is 116 Å². The van der Waals surface area contributed by atoms with Gasteiger partial charge in [0.2, 0.25) is 0 Å². The first-order chi connectivity index (χ1) is 15.2. The summed E-state index contributed by atoms with van der Waals surface area (Å²) in [7, 11) is 0. The number of fused-ring (bicyclic) bond motifs is 2. The van der Waals surface area contributed by atoms with E-state index >= 15 is 0 Å². The summed E-state index contributed by atoms with van der Waals surface area (Å²) < 4.78 is 7.34. The van der Waals surface area contributed by atoms with Gasteiger partial charge in [-0.15, -0.1) is 22.7 Å². The van der Waals surface area contributed by atoms with Gasteiger partial charge in [-0.2, -0.15) is 5.10 Å². The molecule has 0 aromatic carbocycles. The Morgan fingerprint density at radius 1 is 1.25 bits per heavy atom. The molecule has 1 aliphatic carbocycles. The highest BCUT2D eigenvalue weighted by atomic mass is 32.1. The van der Waals surface area contributed by atoms with E-state index in [2.05, 4.69) is 24.3 Å². The first kappa shape index (κ1) is 22.5. The van der Waals surface area contributed by atoms with Gasteiger partial charge in [-0.05, 0) is 50.7 Å². The van der Waals surface area contributed by atoms with Gasteiger partial charge < -0.3 is 15.8 Å². The third-order valence-corrected chi connectivity index (χ3v) is 7.74. The molecule has 3 aromatic rings. The van der Waals surface area contributed by atoms with Gasteiger partial charge in [0, 0.05) is 16.8 Å². The van der Waals surface area contributed by atoms with Crippen molar-refractivity contribution in [3.05, 3.63) is 32.6 Å². The Labute approximate surface area is 193 Å². The quantitative estimate of drug-likeness (QED) is 0.504. The molecule has 1 atom stereocenters. The van der Waals surface area contributed by atoms with Crippen LogP contribution in [-0.2, 0) is 28.9 Å². The highest BCUT2D eigenvalue weighted by molar-refractivity contribution is 7.20. The number of anilines is 1. The van der Waals surface area contributed by atoms with Gasteiger partial charge in [0.25, 0.3) is 11.8 Å². The van der Waals surface area contributed by atoms with Crippen molar-refractivity contribution in [2.45, 2.75) is 59.6 Å². The highest BCUT2D eigenvalue weighted by Crippen LogP contribution is 2.39. The second kappa shape index (κ2) is 8.67. The SMILES string of the molecule is Cc1nn(CC(C)C)c2sc(C(=O)OC(C)C(=O)Nc3sc4c(c3C(N)=O)CCC4)cc12. The van der Waals surface area contributed by atoms with Gasteiger partial charge in [-0.1, -0.05) is 13.8 Å². The zero-order chi connectivity index (χ0) is 23.2. The molecule has 8 nitrogen and oxygen atoms in total. The van der Waals surface area contributed by atoms with Crippen molar-refractivity contribution >= 4 is 55.7 Å². The van der Waals surface area contributed by atoms with Crippen LogP contribution in [0.3, 0.4) is 0 Å². The molecule has 1 aliphatic rings. The minimum Gasteiger partial charge on any atom is -0.448 e. The number of carbonyl (C=O) groups is 3. The zero-order valence-electron chi connectivity index (χ0n) is 18.5. The standard InChI is InChI=1S/C22H26N4O4S2/c1-10(2)9-26-21-14(11(3)25-26)8-16(32-21)22(29)30-12(4)19(28)24-20-17(18(23)27)13-6-5-7-15(13)31-20/h8,10,12H,5-7,9H2,1-4H3,(H2,23,27)(H,24,28). The summed E-state index contributed by atoms with van der Waals surface area (Å²) in [5, 5.41) is 8.62. The molecule has 3 heterocycles. The number of primary amides is 1. The maximum atomic E-state index is 12.7. The van der Waals surface area contributed by atoms with Gasteiger partial charge in [0.1, 0.15) is 14.7 Å². The monoisotopic (exact) mass is 474 g/mol. The number of nitrogens with two attached hydrogens (primary N) is 1. The highest BCUT2D eigenvalue weighted by Gasteiger charge is 2.28. The predicted molar refractivity (Wildman–Crippen MR) is 126 cm³/mol. The second-order valence-electron chi connectivity index (χ2n) is 8.45. The van der Waals surface area contributed by atoms with Crippen LogP contribution in [0.5, 0.6) is 0 Å². The number of ether oxygens (including phenoxy) is 1. The average Bonchev–Trinajstić information content (AvgIpc) is 3.43. The Morgan fingerprint density at radius 3 is 2.69 bits per heavy atom. The Balaban J connectivity index is 1.47. The normalized spacial score (nSPS) is 14.0. The van der Waals surface area contributed by atoms with E-state index in [0.717, 1.165) is 52.2 Å². The first-order valence-electron chi connectivity index (χ1n) is 10.6. The lowest BCUT2D eigenvalue weighted by Crippen LogP contribution is -2.30. The van der Waals surface area contributed by atoms with Crippen LogP contribution in [0.15, 0.2) is 6.07 Å². The minimum absolute atomic E-state index is 0.379. The molecule has 170 valence electrons. The molecule has 0 bridgehead atoms. The number of carbonyl (C=O) groups excluding carboxylic acids is 3. The molecular weight excluding hydrogens is 448 g/mol. The number of hydrogen-bond donors (Lipinski definition) is 2. The fraction of sp³-hybridized carbons (Fsp3) is 0.455. The van der Waals surface area contributed by atoms with Gasteiger partial charge in [-0.25, -0.2) is 4.79 Å². The fourth-order valence-corrected chi connectivity index (χ4v) is 6.27. The number of nitrogens with one attached hydrogen (secondary N) is 1. The number of aryl methyl sites for hydroxylation is 2. The molecule has 0 aliphatic heterocycles. The summed E-state index contributed by atoms with van der Waals surface area (Å²) in [6.45, 7) is 8.39. The largest absolute Gasteiger partial charge is 0.448 e. The van der Waals surface area contributed by atoms with Gasteiger partial charge in [0.05, 0.1) is 11.3 Å². The summed E-state index contributed by atoms with van der Waals surface area (Å²) in [4.78, 5) is 39.7. The van der Waals surface area contributed by atoms with Gasteiger partial charge in [0.15, 0.2) is 6.10 Å². The third-order valence-electron chi connectivity index (χ3n) is 5.40. The van der Waals surface area contributed by atoms with Crippen LogP contribution < -0.4 is 11.1 Å². The zero-order valence-corrected chi connectivity index (χ0v) is 20.1. The Morgan fingerprint density at radius 2 is 2.00 bits per heavy atom. The molecule has 32 heavy (non-hydrogen) atoms. The molecule has 1 unspecified atom stereocenters. The number of nitrogens with zero attached hydrogens (tertiary/aromatic N) is 2. The van der Waals surface area contributed by atoms with E-state index in [-0.39, 0.29) is 0 Å². The Hall–Kier alpha value is -2.72. The summed E-state index contributed by atoms with van der Waals surface area (Å²) in [6, 6.07) is 1.77. The second-order valence-corrected chi connectivity index (χ2v) is 10.6. The summed E-state index contributed by atoms with van der Waals surface area (Å²) in [5.41, 5.74) is 7.71. The van der Waals surface area contributed by atoms with Crippen molar-refractivity contribution in [2.75, 3.05) is 5.32 Å².